The summed E-state index contributed by atoms with van der Waals surface area (Å²) in [5, 5.41) is 3.19. The minimum Gasteiger partial charge on any atom is -0.380 e. The lowest BCUT2D eigenvalue weighted by Crippen LogP contribution is -2.29. The second kappa shape index (κ2) is 7.54. The number of aromatic nitrogens is 2. The lowest BCUT2D eigenvalue weighted by atomic mass is 10.5. The topological polar surface area (TPSA) is 56.1 Å². The number of hydrogen-bond donors (Lipinski definition) is 1. The Morgan fingerprint density at radius 2 is 2.38 bits per heavy atom. The molecule has 1 aromatic rings. The van der Waals surface area contributed by atoms with Gasteiger partial charge in [0.25, 0.3) is 5.56 Å². The van der Waals surface area contributed by atoms with Crippen molar-refractivity contribution in [1.29, 1.82) is 0 Å². The van der Waals surface area contributed by atoms with E-state index in [0.717, 1.165) is 19.7 Å². The van der Waals surface area contributed by atoms with Gasteiger partial charge in [0.2, 0.25) is 0 Å². The van der Waals surface area contributed by atoms with Crippen molar-refractivity contribution >= 4 is 15.9 Å². The fourth-order valence-corrected chi connectivity index (χ4v) is 1.54. The highest BCUT2D eigenvalue weighted by Crippen LogP contribution is 1.97. The van der Waals surface area contributed by atoms with Crippen LogP contribution in [0, 0.1) is 0 Å². The van der Waals surface area contributed by atoms with Gasteiger partial charge in [-0.1, -0.05) is 0 Å². The Kier molecular flexibility index (Phi) is 6.29. The van der Waals surface area contributed by atoms with E-state index >= 15 is 0 Å². The number of halogens is 1. The Morgan fingerprint density at radius 3 is 3.12 bits per heavy atom. The summed E-state index contributed by atoms with van der Waals surface area (Å²) in [6, 6.07) is 0. The van der Waals surface area contributed by atoms with Crippen LogP contribution in [0.25, 0.3) is 0 Å². The lowest BCUT2D eigenvalue weighted by molar-refractivity contribution is 0.149. The van der Waals surface area contributed by atoms with Gasteiger partial charge in [0.05, 0.1) is 12.9 Å². The van der Waals surface area contributed by atoms with Crippen LogP contribution in [0.1, 0.15) is 6.92 Å². The van der Waals surface area contributed by atoms with Gasteiger partial charge in [0.15, 0.2) is 0 Å². The number of rotatable bonds is 7. The van der Waals surface area contributed by atoms with Crippen LogP contribution < -0.4 is 10.9 Å². The molecule has 0 fully saturated rings. The third kappa shape index (κ3) is 4.42. The highest BCUT2D eigenvalue weighted by atomic mass is 79.9. The van der Waals surface area contributed by atoms with Crippen molar-refractivity contribution in [2.75, 3.05) is 26.3 Å². The van der Waals surface area contributed by atoms with Crippen molar-refractivity contribution in [2.24, 2.45) is 0 Å². The first-order valence-corrected chi connectivity index (χ1v) is 6.03. The Morgan fingerprint density at radius 1 is 1.56 bits per heavy atom. The Hall–Kier alpha value is -0.720. The summed E-state index contributed by atoms with van der Waals surface area (Å²) in [4.78, 5) is 15.5. The van der Waals surface area contributed by atoms with Gasteiger partial charge in [-0.05, 0) is 22.9 Å². The predicted octanol–water partition coefficient (Wildman–Crippen LogP) is 0.632. The van der Waals surface area contributed by atoms with E-state index in [-0.39, 0.29) is 5.56 Å². The average Bonchev–Trinajstić information content (AvgIpc) is 2.29. The smallest absolute Gasteiger partial charge is 0.267 e. The van der Waals surface area contributed by atoms with Gasteiger partial charge in [-0.25, -0.2) is 4.98 Å². The molecule has 0 aliphatic heterocycles. The van der Waals surface area contributed by atoms with Crippen molar-refractivity contribution < 1.29 is 4.74 Å². The van der Waals surface area contributed by atoms with E-state index in [9.17, 15) is 4.79 Å². The van der Waals surface area contributed by atoms with Crippen LogP contribution in [0.4, 0.5) is 0 Å². The molecular weight excluding hydrogens is 274 g/mol. The molecule has 1 heterocycles. The van der Waals surface area contributed by atoms with Crippen molar-refractivity contribution in [1.82, 2.24) is 14.9 Å². The standard InChI is InChI=1S/C10H16BrN3O2/c1-2-16-6-4-12-3-5-14-8-13-7-9(11)10(14)15/h7-8,12H,2-6H2,1H3. The summed E-state index contributed by atoms with van der Waals surface area (Å²) in [5.41, 5.74) is -0.0541. The molecule has 1 N–H and O–H groups in total. The van der Waals surface area contributed by atoms with Gasteiger partial charge in [-0.3, -0.25) is 9.36 Å². The van der Waals surface area contributed by atoms with Crippen LogP contribution in [-0.2, 0) is 11.3 Å². The van der Waals surface area contributed by atoms with Gasteiger partial charge < -0.3 is 10.1 Å². The van der Waals surface area contributed by atoms with Crippen molar-refractivity contribution in [3.63, 3.8) is 0 Å². The van der Waals surface area contributed by atoms with Crippen LogP contribution >= 0.6 is 15.9 Å². The summed E-state index contributed by atoms with van der Waals surface area (Å²) >= 11 is 3.15. The molecule has 0 radical (unpaired) electrons. The molecule has 6 heteroatoms. The number of nitrogens with one attached hydrogen (secondary N) is 1. The number of nitrogens with zero attached hydrogens (tertiary/aromatic N) is 2. The monoisotopic (exact) mass is 289 g/mol. The maximum absolute atomic E-state index is 11.6. The quantitative estimate of drug-likeness (QED) is 0.748. The highest BCUT2D eigenvalue weighted by molar-refractivity contribution is 9.10. The fourth-order valence-electron chi connectivity index (χ4n) is 1.20. The van der Waals surface area contributed by atoms with E-state index in [2.05, 4.69) is 26.2 Å². The summed E-state index contributed by atoms with van der Waals surface area (Å²) in [7, 11) is 0. The Bertz CT molecular complexity index is 367. The lowest BCUT2D eigenvalue weighted by Gasteiger charge is -2.07. The van der Waals surface area contributed by atoms with Crippen LogP contribution in [0.3, 0.4) is 0 Å². The molecule has 0 saturated carbocycles. The van der Waals surface area contributed by atoms with Crippen LogP contribution in [0.15, 0.2) is 21.8 Å². The molecule has 0 aliphatic carbocycles. The zero-order chi connectivity index (χ0) is 11.8. The van der Waals surface area contributed by atoms with Crippen LogP contribution in [0.5, 0.6) is 0 Å². The maximum atomic E-state index is 11.6. The Labute approximate surface area is 103 Å². The van der Waals surface area contributed by atoms with Crippen molar-refractivity contribution in [3.8, 4) is 0 Å². The maximum Gasteiger partial charge on any atom is 0.267 e. The Balaban J connectivity index is 2.27. The zero-order valence-electron chi connectivity index (χ0n) is 9.28. The third-order valence-electron chi connectivity index (χ3n) is 2.02. The largest absolute Gasteiger partial charge is 0.380 e. The molecule has 90 valence electrons. The van der Waals surface area contributed by atoms with Gasteiger partial charge in [-0.15, -0.1) is 0 Å². The molecule has 0 bridgehead atoms. The minimum absolute atomic E-state index is 0.0541. The molecule has 1 rings (SSSR count). The molecule has 0 spiro atoms. The molecular formula is C10H16BrN3O2. The molecule has 16 heavy (non-hydrogen) atoms. The van der Waals surface area contributed by atoms with Crippen LogP contribution in [0.2, 0.25) is 0 Å². The average molecular weight is 290 g/mol. The first-order valence-electron chi connectivity index (χ1n) is 5.24. The molecule has 0 amide bonds. The molecule has 0 saturated heterocycles. The zero-order valence-corrected chi connectivity index (χ0v) is 10.9. The third-order valence-corrected chi connectivity index (χ3v) is 2.56. The summed E-state index contributed by atoms with van der Waals surface area (Å²) in [6.45, 7) is 5.53. The molecule has 1 aromatic heterocycles. The van der Waals surface area contributed by atoms with E-state index in [0.29, 0.717) is 17.6 Å². The molecule has 0 unspecified atom stereocenters. The minimum atomic E-state index is -0.0541. The summed E-state index contributed by atoms with van der Waals surface area (Å²) < 4.78 is 7.24. The second-order valence-electron chi connectivity index (χ2n) is 3.19. The van der Waals surface area contributed by atoms with Gasteiger partial charge in [0.1, 0.15) is 4.47 Å². The first-order chi connectivity index (χ1) is 7.75. The molecule has 0 aromatic carbocycles. The summed E-state index contributed by atoms with van der Waals surface area (Å²) in [5.74, 6) is 0. The van der Waals surface area contributed by atoms with E-state index in [4.69, 9.17) is 4.74 Å². The second-order valence-corrected chi connectivity index (χ2v) is 4.04. The highest BCUT2D eigenvalue weighted by Gasteiger charge is 1.99. The van der Waals surface area contributed by atoms with E-state index in [1.807, 2.05) is 6.92 Å². The normalized spacial score (nSPS) is 10.6. The number of hydrogen-bond acceptors (Lipinski definition) is 4. The number of ether oxygens (including phenoxy) is 1. The van der Waals surface area contributed by atoms with Gasteiger partial charge in [-0.2, -0.15) is 0 Å². The van der Waals surface area contributed by atoms with Gasteiger partial charge >= 0.3 is 0 Å². The summed E-state index contributed by atoms with van der Waals surface area (Å²) in [6.07, 6.45) is 3.04. The van der Waals surface area contributed by atoms with Crippen molar-refractivity contribution in [2.45, 2.75) is 13.5 Å². The van der Waals surface area contributed by atoms with E-state index in [1.54, 1.807) is 4.57 Å². The molecule has 0 atom stereocenters. The van der Waals surface area contributed by atoms with Crippen LogP contribution in [-0.4, -0.2) is 35.9 Å². The fraction of sp³-hybridized carbons (Fsp3) is 0.600. The predicted molar refractivity (Wildman–Crippen MR) is 65.6 cm³/mol. The van der Waals surface area contributed by atoms with E-state index < -0.39 is 0 Å². The molecule has 5 nitrogen and oxygen atoms in total. The first kappa shape index (κ1) is 13.3. The van der Waals surface area contributed by atoms with E-state index in [1.165, 1.54) is 12.5 Å². The van der Waals surface area contributed by atoms with Gasteiger partial charge in [0, 0.05) is 32.4 Å². The van der Waals surface area contributed by atoms with Crippen molar-refractivity contribution in [3.05, 3.63) is 27.4 Å². The molecule has 0 aliphatic rings. The SMILES string of the molecule is CCOCCNCCn1cncc(Br)c1=O.